The van der Waals surface area contributed by atoms with Gasteiger partial charge in [0.2, 0.25) is 5.75 Å². The molecule has 2 rings (SSSR count). The quantitative estimate of drug-likeness (QED) is 0.213. The van der Waals surface area contributed by atoms with Crippen LogP contribution in [0.3, 0.4) is 0 Å². The van der Waals surface area contributed by atoms with E-state index in [4.69, 9.17) is 33.2 Å². The van der Waals surface area contributed by atoms with E-state index in [0.29, 0.717) is 16.8 Å². The molecule has 0 heterocycles. The van der Waals surface area contributed by atoms with E-state index in [1.165, 1.54) is 46.6 Å². The monoisotopic (exact) mass is 660 g/mol. The predicted octanol–water partition coefficient (Wildman–Crippen LogP) is 5.40. The maximum absolute atomic E-state index is 13.6. The van der Waals surface area contributed by atoms with Gasteiger partial charge in [-0.05, 0) is 84.4 Å². The molecule has 232 valence electrons. The van der Waals surface area contributed by atoms with Crippen LogP contribution in [-0.2, 0) is 29.9 Å². The average Bonchev–Trinajstić information content (AvgIpc) is 3.02. The molecule has 0 saturated heterocycles. The van der Waals surface area contributed by atoms with Gasteiger partial charge in [-0.15, -0.1) is 0 Å². The zero-order valence-corrected chi connectivity index (χ0v) is 27.1. The number of hydrogen-bond donors (Lipinski definition) is 0. The van der Waals surface area contributed by atoms with Crippen molar-refractivity contribution in [2.24, 2.45) is 0 Å². The van der Waals surface area contributed by atoms with Gasteiger partial charge in [-0.2, -0.15) is 10.5 Å². The number of methoxy groups -OCH3 is 4. The highest BCUT2D eigenvalue weighted by molar-refractivity contribution is 9.10. The highest BCUT2D eigenvalue weighted by Gasteiger charge is 2.50. The lowest BCUT2D eigenvalue weighted by molar-refractivity contribution is -0.151. The first-order valence-electron chi connectivity index (χ1n) is 13.6. The standard InChI is InChI=1S/C31H37BrN2O9/c1-8-13-43-26-22(32)14-20(15-23(26)37-4)30(18-33,28(35)41-9-2)11-12-31(19-34,29(36)42-10-3)21-16-24(38-5)27(40-7)25(17-21)39-6/h14-17H,8-13H2,1-7H3. The third-order valence-corrected chi connectivity index (χ3v) is 7.42. The zero-order valence-electron chi connectivity index (χ0n) is 25.5. The molecular weight excluding hydrogens is 624 g/mol. The summed E-state index contributed by atoms with van der Waals surface area (Å²) in [6.07, 6.45) is 0.116. The predicted molar refractivity (Wildman–Crippen MR) is 160 cm³/mol. The number of benzene rings is 2. The van der Waals surface area contributed by atoms with Crippen LogP contribution in [0, 0.1) is 22.7 Å². The molecule has 0 bridgehead atoms. The molecule has 0 aliphatic rings. The largest absolute Gasteiger partial charge is 0.493 e. The van der Waals surface area contributed by atoms with Gasteiger partial charge in [0.15, 0.2) is 33.8 Å². The third kappa shape index (κ3) is 7.08. The number of nitrogens with zero attached hydrogens (tertiary/aromatic N) is 2. The second-order valence-corrected chi connectivity index (χ2v) is 10.1. The van der Waals surface area contributed by atoms with Gasteiger partial charge < -0.3 is 33.2 Å². The van der Waals surface area contributed by atoms with Gasteiger partial charge in [-0.3, -0.25) is 0 Å². The van der Waals surface area contributed by atoms with Crippen molar-refractivity contribution in [3.8, 4) is 40.9 Å². The highest BCUT2D eigenvalue weighted by Crippen LogP contribution is 2.46. The zero-order chi connectivity index (χ0) is 32.2. The Bertz CT molecular complexity index is 1360. The molecule has 2 unspecified atom stereocenters. The second kappa shape index (κ2) is 15.9. The van der Waals surface area contributed by atoms with E-state index in [-0.39, 0.29) is 60.2 Å². The Labute approximate surface area is 260 Å². The molecule has 0 radical (unpaired) electrons. The molecule has 0 spiro atoms. The van der Waals surface area contributed by atoms with Crippen molar-refractivity contribution >= 4 is 27.9 Å². The number of hydrogen-bond acceptors (Lipinski definition) is 11. The van der Waals surface area contributed by atoms with Gasteiger partial charge in [-0.1, -0.05) is 6.92 Å². The van der Waals surface area contributed by atoms with Crippen molar-refractivity contribution in [2.45, 2.75) is 50.9 Å². The van der Waals surface area contributed by atoms with Crippen LogP contribution in [0.4, 0.5) is 0 Å². The lowest BCUT2D eigenvalue weighted by atomic mass is 9.70. The maximum atomic E-state index is 13.6. The number of carbonyl (C=O) groups is 2. The van der Waals surface area contributed by atoms with Gasteiger partial charge >= 0.3 is 11.9 Å². The minimum atomic E-state index is -1.98. The van der Waals surface area contributed by atoms with E-state index in [1.54, 1.807) is 19.9 Å². The second-order valence-electron chi connectivity index (χ2n) is 9.23. The molecule has 12 heteroatoms. The van der Waals surface area contributed by atoms with Crippen LogP contribution in [0.5, 0.6) is 28.7 Å². The third-order valence-electron chi connectivity index (χ3n) is 6.83. The first-order valence-corrected chi connectivity index (χ1v) is 14.4. The van der Waals surface area contributed by atoms with Gasteiger partial charge in [0.25, 0.3) is 0 Å². The Morgan fingerprint density at radius 3 is 1.49 bits per heavy atom. The lowest BCUT2D eigenvalue weighted by Crippen LogP contribution is -2.42. The van der Waals surface area contributed by atoms with Crippen LogP contribution < -0.4 is 23.7 Å². The number of rotatable bonds is 16. The molecule has 11 nitrogen and oxygen atoms in total. The fourth-order valence-electron chi connectivity index (χ4n) is 4.58. The summed E-state index contributed by atoms with van der Waals surface area (Å²) in [7, 11) is 5.67. The molecule has 0 N–H and O–H groups in total. The lowest BCUT2D eigenvalue weighted by Gasteiger charge is -2.31. The van der Waals surface area contributed by atoms with Gasteiger partial charge in [0, 0.05) is 0 Å². The first-order chi connectivity index (χ1) is 20.6. The van der Waals surface area contributed by atoms with E-state index >= 15 is 0 Å². The van der Waals surface area contributed by atoms with Gasteiger partial charge in [0.05, 0.1) is 64.9 Å². The molecule has 43 heavy (non-hydrogen) atoms. The van der Waals surface area contributed by atoms with Crippen molar-refractivity contribution in [2.75, 3.05) is 48.3 Å². The van der Waals surface area contributed by atoms with Crippen molar-refractivity contribution < 1.29 is 42.7 Å². The van der Waals surface area contributed by atoms with Crippen LogP contribution in [0.2, 0.25) is 0 Å². The first kappa shape index (κ1) is 35.0. The Kier molecular flexibility index (Phi) is 13.0. The van der Waals surface area contributed by atoms with Crippen LogP contribution in [0.25, 0.3) is 0 Å². The molecular formula is C31H37BrN2O9. The number of esters is 2. The summed E-state index contributed by atoms with van der Waals surface area (Å²) >= 11 is 3.48. The number of nitriles is 2. The molecule has 0 aromatic heterocycles. The molecule has 0 aliphatic heterocycles. The van der Waals surface area contributed by atoms with E-state index < -0.39 is 22.8 Å². The fourth-order valence-corrected chi connectivity index (χ4v) is 5.14. The van der Waals surface area contributed by atoms with Gasteiger partial charge in [0.1, 0.15) is 0 Å². The van der Waals surface area contributed by atoms with Crippen molar-refractivity contribution in [1.82, 2.24) is 0 Å². The van der Waals surface area contributed by atoms with Crippen molar-refractivity contribution in [3.05, 3.63) is 39.9 Å². The summed E-state index contributed by atoms with van der Waals surface area (Å²) in [5.74, 6) is -0.381. The number of ether oxygens (including phenoxy) is 7. The Hall–Kier alpha value is -4.16. The summed E-state index contributed by atoms with van der Waals surface area (Å²) in [5, 5.41) is 21.2. The summed E-state index contributed by atoms with van der Waals surface area (Å²) in [6, 6.07) is 10.3. The van der Waals surface area contributed by atoms with Crippen LogP contribution in [0.1, 0.15) is 51.2 Å². The minimum absolute atomic E-state index is 0.00753. The molecule has 2 aromatic rings. The van der Waals surface area contributed by atoms with E-state index in [2.05, 4.69) is 28.1 Å². The molecule has 0 saturated carbocycles. The minimum Gasteiger partial charge on any atom is -0.493 e. The molecule has 0 fully saturated rings. The van der Waals surface area contributed by atoms with Crippen LogP contribution in [0.15, 0.2) is 28.7 Å². The van der Waals surface area contributed by atoms with Crippen LogP contribution >= 0.6 is 15.9 Å². The fraction of sp³-hybridized carbons (Fsp3) is 0.484. The topological polar surface area (TPSA) is 146 Å². The Morgan fingerprint density at radius 1 is 0.721 bits per heavy atom. The molecule has 0 aliphatic carbocycles. The van der Waals surface area contributed by atoms with Crippen molar-refractivity contribution in [3.63, 3.8) is 0 Å². The highest BCUT2D eigenvalue weighted by atomic mass is 79.9. The van der Waals surface area contributed by atoms with E-state index in [0.717, 1.165) is 6.42 Å². The smallest absolute Gasteiger partial charge is 0.331 e. The SMILES string of the molecule is CCCOc1c(Br)cc(C(C#N)(CCC(C#N)(C(=O)OCC)c2cc(OC)c(OC)c(OC)c2)C(=O)OCC)cc1OC. The summed E-state index contributed by atoms with van der Waals surface area (Å²) in [5.41, 5.74) is -3.55. The Morgan fingerprint density at radius 2 is 1.14 bits per heavy atom. The van der Waals surface area contributed by atoms with E-state index in [1.807, 2.05) is 6.92 Å². The van der Waals surface area contributed by atoms with Gasteiger partial charge in [-0.25, -0.2) is 9.59 Å². The summed E-state index contributed by atoms with van der Waals surface area (Å²) < 4.78 is 38.9. The average molecular weight is 662 g/mol. The number of halogens is 1. The van der Waals surface area contributed by atoms with E-state index in [9.17, 15) is 20.1 Å². The molecule has 0 amide bonds. The normalized spacial score (nSPS) is 13.3. The summed E-state index contributed by atoms with van der Waals surface area (Å²) in [4.78, 5) is 27.2. The molecule has 2 aromatic carbocycles. The van der Waals surface area contributed by atoms with Crippen molar-refractivity contribution in [1.29, 1.82) is 10.5 Å². The Balaban J connectivity index is 2.83. The van der Waals surface area contributed by atoms with Crippen LogP contribution in [-0.4, -0.2) is 60.2 Å². The summed E-state index contributed by atoms with van der Waals surface area (Å²) in [6.45, 7) is 5.57. The number of carbonyl (C=O) groups excluding carboxylic acids is 2. The maximum Gasteiger partial charge on any atom is 0.331 e. The molecule has 2 atom stereocenters.